The second-order valence-electron chi connectivity index (χ2n) is 2.34. The molecule has 0 fully saturated rings. The Bertz CT molecular complexity index is 184. The number of nitrogens with one attached hydrogen (secondary N) is 1. The first-order valence-electron chi connectivity index (χ1n) is 3.26. The van der Waals surface area contributed by atoms with Crippen LogP contribution in [-0.4, -0.2) is 6.54 Å². The van der Waals surface area contributed by atoms with Crippen molar-refractivity contribution in [3.8, 4) is 0 Å². The van der Waals surface area contributed by atoms with Crippen LogP contribution >= 0.6 is 11.3 Å². The molecule has 0 aromatic carbocycles. The lowest BCUT2D eigenvalue weighted by molar-refractivity contribution is 0.835. The van der Waals surface area contributed by atoms with Crippen LogP contribution in [0.2, 0.25) is 0 Å². The number of aryl methyl sites for hydroxylation is 1. The molecule has 2 heterocycles. The average Bonchev–Trinajstić information content (AvgIpc) is 2.33. The molecule has 1 aliphatic heterocycles. The third kappa shape index (κ3) is 0.833. The SMILES string of the molecule is c1scc2c1CCCN2. The zero-order chi connectivity index (χ0) is 6.10. The highest BCUT2D eigenvalue weighted by Crippen LogP contribution is 2.24. The number of thiophene rings is 1. The molecule has 0 radical (unpaired) electrons. The standard InChI is InChI=1S/C7H9NS/c1-2-6-4-9-5-7(6)8-3-1/h4-5,8H,1-3H2. The predicted molar refractivity (Wildman–Crippen MR) is 41.1 cm³/mol. The van der Waals surface area contributed by atoms with Crippen molar-refractivity contribution < 1.29 is 0 Å². The van der Waals surface area contributed by atoms with Crippen LogP contribution in [0.3, 0.4) is 0 Å². The van der Waals surface area contributed by atoms with Gasteiger partial charge in [0.1, 0.15) is 0 Å². The highest BCUT2D eigenvalue weighted by atomic mass is 32.1. The fraction of sp³-hybridized carbons (Fsp3) is 0.429. The number of hydrogen-bond acceptors (Lipinski definition) is 2. The Kier molecular flexibility index (Phi) is 1.19. The van der Waals surface area contributed by atoms with E-state index in [1.165, 1.54) is 24.1 Å². The number of anilines is 1. The van der Waals surface area contributed by atoms with E-state index in [2.05, 4.69) is 16.1 Å². The van der Waals surface area contributed by atoms with Crippen LogP contribution in [0, 0.1) is 0 Å². The second kappa shape index (κ2) is 2.03. The smallest absolute Gasteiger partial charge is 0.0481 e. The maximum atomic E-state index is 3.35. The van der Waals surface area contributed by atoms with Crippen molar-refractivity contribution in [2.24, 2.45) is 0 Å². The third-order valence-corrected chi connectivity index (χ3v) is 2.47. The van der Waals surface area contributed by atoms with E-state index in [0.29, 0.717) is 0 Å². The van der Waals surface area contributed by atoms with E-state index in [1.807, 2.05) is 0 Å². The summed E-state index contributed by atoms with van der Waals surface area (Å²) < 4.78 is 0. The first-order chi connectivity index (χ1) is 4.47. The first-order valence-corrected chi connectivity index (χ1v) is 4.20. The molecule has 2 rings (SSSR count). The van der Waals surface area contributed by atoms with E-state index in [9.17, 15) is 0 Å². The third-order valence-electron chi connectivity index (χ3n) is 1.68. The van der Waals surface area contributed by atoms with Crippen LogP contribution < -0.4 is 5.32 Å². The molecule has 0 amide bonds. The van der Waals surface area contributed by atoms with Gasteiger partial charge in [-0.05, 0) is 23.8 Å². The summed E-state index contributed by atoms with van der Waals surface area (Å²) in [6, 6.07) is 0. The average molecular weight is 139 g/mol. The van der Waals surface area contributed by atoms with Gasteiger partial charge in [-0.3, -0.25) is 0 Å². The van der Waals surface area contributed by atoms with E-state index in [1.54, 1.807) is 11.3 Å². The Labute approximate surface area is 58.7 Å². The van der Waals surface area contributed by atoms with Crippen LogP contribution in [0.5, 0.6) is 0 Å². The fourth-order valence-corrected chi connectivity index (χ4v) is 2.02. The van der Waals surface area contributed by atoms with Crippen molar-refractivity contribution in [2.75, 3.05) is 11.9 Å². The summed E-state index contributed by atoms with van der Waals surface area (Å²) in [5.74, 6) is 0. The summed E-state index contributed by atoms with van der Waals surface area (Å²) in [4.78, 5) is 0. The van der Waals surface area contributed by atoms with Gasteiger partial charge in [0.05, 0.1) is 0 Å². The van der Waals surface area contributed by atoms with Crippen LogP contribution in [0.4, 0.5) is 5.69 Å². The highest BCUT2D eigenvalue weighted by Gasteiger charge is 2.06. The lowest BCUT2D eigenvalue weighted by atomic mass is 10.1. The molecule has 1 aliphatic rings. The van der Waals surface area contributed by atoms with Gasteiger partial charge >= 0.3 is 0 Å². The second-order valence-corrected chi connectivity index (χ2v) is 3.08. The molecule has 0 bridgehead atoms. The molecule has 0 atom stereocenters. The summed E-state index contributed by atoms with van der Waals surface area (Å²) in [5.41, 5.74) is 2.87. The minimum atomic E-state index is 1.16. The van der Waals surface area contributed by atoms with Gasteiger partial charge in [-0.2, -0.15) is 0 Å². The summed E-state index contributed by atoms with van der Waals surface area (Å²) in [5, 5.41) is 7.78. The molecular formula is C7H9NS. The van der Waals surface area contributed by atoms with Gasteiger partial charge in [0, 0.05) is 17.6 Å². The van der Waals surface area contributed by atoms with Crippen molar-refractivity contribution in [1.82, 2.24) is 0 Å². The summed E-state index contributed by atoms with van der Waals surface area (Å²) in [6.45, 7) is 1.16. The summed E-state index contributed by atoms with van der Waals surface area (Å²) in [6.07, 6.45) is 2.57. The van der Waals surface area contributed by atoms with E-state index in [0.717, 1.165) is 6.54 Å². The lowest BCUT2D eigenvalue weighted by Gasteiger charge is -2.12. The van der Waals surface area contributed by atoms with E-state index < -0.39 is 0 Å². The molecule has 48 valence electrons. The Morgan fingerprint density at radius 1 is 1.44 bits per heavy atom. The maximum absolute atomic E-state index is 3.35. The fourth-order valence-electron chi connectivity index (χ4n) is 1.17. The van der Waals surface area contributed by atoms with Crippen molar-refractivity contribution in [3.05, 3.63) is 16.3 Å². The van der Waals surface area contributed by atoms with Crippen molar-refractivity contribution in [3.63, 3.8) is 0 Å². The highest BCUT2D eigenvalue weighted by molar-refractivity contribution is 7.08. The topological polar surface area (TPSA) is 12.0 Å². The first kappa shape index (κ1) is 5.30. The van der Waals surface area contributed by atoms with Crippen LogP contribution in [0.1, 0.15) is 12.0 Å². The number of rotatable bonds is 0. The van der Waals surface area contributed by atoms with E-state index in [4.69, 9.17) is 0 Å². The molecule has 1 aromatic heterocycles. The van der Waals surface area contributed by atoms with Gasteiger partial charge in [-0.25, -0.2) is 0 Å². The van der Waals surface area contributed by atoms with Gasteiger partial charge in [0.25, 0.3) is 0 Å². The zero-order valence-corrected chi connectivity index (χ0v) is 6.00. The van der Waals surface area contributed by atoms with Crippen molar-refractivity contribution in [1.29, 1.82) is 0 Å². The Balaban J connectivity index is 2.39. The number of fused-ring (bicyclic) bond motifs is 1. The van der Waals surface area contributed by atoms with Gasteiger partial charge < -0.3 is 5.32 Å². The minimum absolute atomic E-state index is 1.16. The van der Waals surface area contributed by atoms with E-state index >= 15 is 0 Å². The molecule has 9 heavy (non-hydrogen) atoms. The summed E-state index contributed by atoms with van der Waals surface area (Å²) in [7, 11) is 0. The van der Waals surface area contributed by atoms with Gasteiger partial charge in [-0.15, -0.1) is 11.3 Å². The molecule has 2 heteroatoms. The van der Waals surface area contributed by atoms with Gasteiger partial charge in [0.2, 0.25) is 0 Å². The largest absolute Gasteiger partial charge is 0.384 e. The lowest BCUT2D eigenvalue weighted by Crippen LogP contribution is -2.08. The van der Waals surface area contributed by atoms with Gasteiger partial charge in [-0.1, -0.05) is 0 Å². The normalized spacial score (nSPS) is 16.4. The summed E-state index contributed by atoms with van der Waals surface area (Å²) >= 11 is 1.79. The van der Waals surface area contributed by atoms with Crippen molar-refractivity contribution in [2.45, 2.75) is 12.8 Å². The predicted octanol–water partition coefficient (Wildman–Crippen LogP) is 2.11. The monoisotopic (exact) mass is 139 g/mol. The molecule has 1 N–H and O–H groups in total. The van der Waals surface area contributed by atoms with Crippen molar-refractivity contribution >= 4 is 17.0 Å². The zero-order valence-electron chi connectivity index (χ0n) is 5.18. The molecule has 0 unspecified atom stereocenters. The molecule has 0 spiro atoms. The Morgan fingerprint density at radius 3 is 3.33 bits per heavy atom. The molecule has 0 saturated heterocycles. The van der Waals surface area contributed by atoms with Gasteiger partial charge in [0.15, 0.2) is 0 Å². The van der Waals surface area contributed by atoms with Crippen LogP contribution in [0.15, 0.2) is 10.8 Å². The number of hydrogen-bond donors (Lipinski definition) is 1. The Hall–Kier alpha value is -0.500. The van der Waals surface area contributed by atoms with Crippen LogP contribution in [0.25, 0.3) is 0 Å². The quantitative estimate of drug-likeness (QED) is 0.580. The molecule has 1 nitrogen and oxygen atoms in total. The van der Waals surface area contributed by atoms with E-state index in [-0.39, 0.29) is 0 Å². The maximum Gasteiger partial charge on any atom is 0.0481 e. The molecule has 0 saturated carbocycles. The Morgan fingerprint density at radius 2 is 2.44 bits per heavy atom. The minimum Gasteiger partial charge on any atom is -0.384 e. The molecule has 0 aliphatic carbocycles. The molecular weight excluding hydrogens is 130 g/mol. The molecule has 1 aromatic rings. The van der Waals surface area contributed by atoms with Crippen LogP contribution in [-0.2, 0) is 6.42 Å².